The van der Waals surface area contributed by atoms with Crippen molar-refractivity contribution < 1.29 is 9.59 Å². The van der Waals surface area contributed by atoms with Gasteiger partial charge in [0.05, 0.1) is 18.8 Å². The smallest absolute Gasteiger partial charge is 0.226 e. The van der Waals surface area contributed by atoms with Crippen LogP contribution in [0.2, 0.25) is 5.02 Å². The fourth-order valence-electron chi connectivity index (χ4n) is 2.72. The van der Waals surface area contributed by atoms with E-state index in [1.54, 1.807) is 36.8 Å². The predicted octanol–water partition coefficient (Wildman–Crippen LogP) is 3.73. The molecule has 0 aliphatic rings. The van der Waals surface area contributed by atoms with Gasteiger partial charge in [0.25, 0.3) is 0 Å². The van der Waals surface area contributed by atoms with E-state index < -0.39 is 6.04 Å². The van der Waals surface area contributed by atoms with Crippen LogP contribution >= 0.6 is 11.6 Å². The molecule has 3 aromatic rings. The van der Waals surface area contributed by atoms with Crippen molar-refractivity contribution in [1.29, 1.82) is 0 Å². The molecule has 0 spiro atoms. The second-order valence-electron chi connectivity index (χ2n) is 6.07. The number of anilines is 1. The largest absolute Gasteiger partial charge is 0.349 e. The van der Waals surface area contributed by atoms with E-state index in [2.05, 4.69) is 15.6 Å². The van der Waals surface area contributed by atoms with Crippen LogP contribution in [0.5, 0.6) is 0 Å². The molecule has 0 saturated heterocycles. The topological polar surface area (TPSA) is 76.0 Å². The molecule has 2 aromatic carbocycles. The van der Waals surface area contributed by atoms with Gasteiger partial charge >= 0.3 is 0 Å². The number of aromatic nitrogens is 2. The molecule has 0 bridgehead atoms. The maximum absolute atomic E-state index is 12.5. The number of hydrogen-bond acceptors (Lipinski definition) is 3. The van der Waals surface area contributed by atoms with Crippen LogP contribution in [0.1, 0.15) is 24.9 Å². The number of rotatable bonds is 6. The predicted molar refractivity (Wildman–Crippen MR) is 105 cm³/mol. The minimum atomic E-state index is -0.426. The Kier molecular flexibility index (Phi) is 5.88. The SMILES string of the molecule is CC(=O)NC(CC(=O)Nc1ccc(-n2ccnc2)cc1)c1ccc(Cl)cc1. The second kappa shape index (κ2) is 8.51. The Morgan fingerprint density at radius 3 is 2.41 bits per heavy atom. The summed E-state index contributed by atoms with van der Waals surface area (Å²) in [5.41, 5.74) is 2.45. The van der Waals surface area contributed by atoms with Gasteiger partial charge in [-0.05, 0) is 42.0 Å². The first kappa shape index (κ1) is 18.7. The maximum atomic E-state index is 12.5. The summed E-state index contributed by atoms with van der Waals surface area (Å²) in [6.45, 7) is 1.43. The van der Waals surface area contributed by atoms with Crippen molar-refractivity contribution in [1.82, 2.24) is 14.9 Å². The zero-order chi connectivity index (χ0) is 19.2. The lowest BCUT2D eigenvalue weighted by Gasteiger charge is -2.18. The first-order chi connectivity index (χ1) is 13.0. The van der Waals surface area contributed by atoms with Crippen LogP contribution in [0.15, 0.2) is 67.3 Å². The Morgan fingerprint density at radius 2 is 1.81 bits per heavy atom. The van der Waals surface area contributed by atoms with Gasteiger partial charge in [-0.15, -0.1) is 0 Å². The lowest BCUT2D eigenvalue weighted by molar-refractivity contribution is -0.120. The van der Waals surface area contributed by atoms with E-state index in [0.717, 1.165) is 11.3 Å². The average Bonchev–Trinajstić information content (AvgIpc) is 3.17. The highest BCUT2D eigenvalue weighted by Crippen LogP contribution is 2.21. The van der Waals surface area contributed by atoms with Gasteiger partial charge in [-0.25, -0.2) is 4.98 Å². The summed E-state index contributed by atoms with van der Waals surface area (Å²) in [4.78, 5) is 28.0. The monoisotopic (exact) mass is 382 g/mol. The summed E-state index contributed by atoms with van der Waals surface area (Å²) in [5.74, 6) is -0.397. The van der Waals surface area contributed by atoms with Crippen molar-refractivity contribution >= 4 is 29.1 Å². The number of benzene rings is 2. The van der Waals surface area contributed by atoms with Gasteiger partial charge in [0.1, 0.15) is 0 Å². The zero-order valence-electron chi connectivity index (χ0n) is 14.7. The molecule has 0 radical (unpaired) electrons. The summed E-state index contributed by atoms with van der Waals surface area (Å²) in [5, 5.41) is 6.26. The number of hydrogen-bond donors (Lipinski definition) is 2. The standard InChI is InChI=1S/C20H19ClN4O2/c1-14(26)23-19(15-2-4-16(21)5-3-15)12-20(27)24-17-6-8-18(9-7-17)25-11-10-22-13-25/h2-11,13,19H,12H2,1H3,(H,23,26)(H,24,27). The molecular weight excluding hydrogens is 364 g/mol. The Bertz CT molecular complexity index is 906. The number of imidazole rings is 1. The van der Waals surface area contributed by atoms with Crippen LogP contribution in [0, 0.1) is 0 Å². The van der Waals surface area contributed by atoms with Crippen molar-refractivity contribution in [2.75, 3.05) is 5.32 Å². The van der Waals surface area contributed by atoms with Crippen molar-refractivity contribution in [3.8, 4) is 5.69 Å². The molecule has 1 unspecified atom stereocenters. The van der Waals surface area contributed by atoms with Crippen LogP contribution < -0.4 is 10.6 Å². The number of nitrogens with one attached hydrogen (secondary N) is 2. The summed E-state index contributed by atoms with van der Waals surface area (Å²) >= 11 is 5.91. The van der Waals surface area contributed by atoms with Gasteiger partial charge in [-0.3, -0.25) is 9.59 Å². The van der Waals surface area contributed by atoms with Crippen LogP contribution in [0.4, 0.5) is 5.69 Å². The number of carbonyl (C=O) groups is 2. The number of carbonyl (C=O) groups excluding carboxylic acids is 2. The van der Waals surface area contributed by atoms with E-state index in [0.29, 0.717) is 10.7 Å². The van der Waals surface area contributed by atoms with E-state index in [1.165, 1.54) is 6.92 Å². The van der Waals surface area contributed by atoms with Gasteiger partial charge in [0.15, 0.2) is 0 Å². The molecule has 138 valence electrons. The highest BCUT2D eigenvalue weighted by atomic mass is 35.5. The molecule has 0 aliphatic heterocycles. The van der Waals surface area contributed by atoms with Crippen molar-refractivity contribution in [2.24, 2.45) is 0 Å². The van der Waals surface area contributed by atoms with Crippen LogP contribution in [0.3, 0.4) is 0 Å². The Balaban J connectivity index is 1.66. The van der Waals surface area contributed by atoms with E-state index in [9.17, 15) is 9.59 Å². The Hall–Kier alpha value is -3.12. The van der Waals surface area contributed by atoms with Crippen molar-refractivity contribution in [3.63, 3.8) is 0 Å². The summed E-state index contributed by atoms with van der Waals surface area (Å²) in [6.07, 6.45) is 5.37. The molecular formula is C20H19ClN4O2. The zero-order valence-corrected chi connectivity index (χ0v) is 15.5. The molecule has 2 amide bonds. The third kappa shape index (κ3) is 5.18. The third-order valence-electron chi connectivity index (χ3n) is 3.99. The maximum Gasteiger partial charge on any atom is 0.226 e. The fraction of sp³-hybridized carbons (Fsp3) is 0.150. The molecule has 1 heterocycles. The van der Waals surface area contributed by atoms with Gasteiger partial charge < -0.3 is 15.2 Å². The molecule has 6 nitrogen and oxygen atoms in total. The second-order valence-corrected chi connectivity index (χ2v) is 6.51. The van der Waals surface area contributed by atoms with E-state index in [-0.39, 0.29) is 18.2 Å². The summed E-state index contributed by atoms with van der Waals surface area (Å²) in [6, 6.07) is 14.1. The molecule has 1 atom stereocenters. The molecule has 7 heteroatoms. The molecule has 0 saturated carbocycles. The molecule has 27 heavy (non-hydrogen) atoms. The minimum absolute atomic E-state index is 0.116. The molecule has 2 N–H and O–H groups in total. The molecule has 0 fully saturated rings. The Morgan fingerprint density at radius 1 is 1.11 bits per heavy atom. The first-order valence-corrected chi connectivity index (χ1v) is 8.80. The normalized spacial score (nSPS) is 11.6. The van der Waals surface area contributed by atoms with E-state index in [4.69, 9.17) is 11.6 Å². The number of amides is 2. The van der Waals surface area contributed by atoms with E-state index in [1.807, 2.05) is 35.0 Å². The number of nitrogens with zero attached hydrogens (tertiary/aromatic N) is 2. The van der Waals surface area contributed by atoms with Gasteiger partial charge in [0.2, 0.25) is 11.8 Å². The lowest BCUT2D eigenvalue weighted by Crippen LogP contribution is -2.29. The van der Waals surface area contributed by atoms with Gasteiger partial charge in [-0.2, -0.15) is 0 Å². The lowest BCUT2D eigenvalue weighted by atomic mass is 10.0. The summed E-state index contributed by atoms with van der Waals surface area (Å²) in [7, 11) is 0. The van der Waals surface area contributed by atoms with Crippen LogP contribution in [-0.4, -0.2) is 21.4 Å². The fourth-order valence-corrected chi connectivity index (χ4v) is 2.84. The molecule has 0 aliphatic carbocycles. The highest BCUT2D eigenvalue weighted by Gasteiger charge is 2.17. The first-order valence-electron chi connectivity index (χ1n) is 8.42. The van der Waals surface area contributed by atoms with Crippen molar-refractivity contribution in [2.45, 2.75) is 19.4 Å². The minimum Gasteiger partial charge on any atom is -0.349 e. The number of halogens is 1. The average molecular weight is 383 g/mol. The third-order valence-corrected chi connectivity index (χ3v) is 4.24. The molecule has 1 aromatic heterocycles. The molecule has 3 rings (SSSR count). The van der Waals surface area contributed by atoms with Crippen LogP contribution in [-0.2, 0) is 9.59 Å². The summed E-state index contributed by atoms with van der Waals surface area (Å²) < 4.78 is 1.87. The van der Waals surface area contributed by atoms with Crippen molar-refractivity contribution in [3.05, 3.63) is 77.8 Å². The van der Waals surface area contributed by atoms with Crippen LogP contribution in [0.25, 0.3) is 5.69 Å². The highest BCUT2D eigenvalue weighted by molar-refractivity contribution is 6.30. The van der Waals surface area contributed by atoms with Gasteiger partial charge in [-0.1, -0.05) is 23.7 Å². The quantitative estimate of drug-likeness (QED) is 0.682. The Labute approximate surface area is 162 Å². The van der Waals surface area contributed by atoms with E-state index >= 15 is 0 Å². The van der Waals surface area contributed by atoms with Gasteiger partial charge in [0, 0.05) is 35.7 Å².